The third-order valence-corrected chi connectivity index (χ3v) is 3.86. The van der Waals surface area contributed by atoms with Crippen molar-refractivity contribution >= 4 is 0 Å². The second-order valence-corrected chi connectivity index (χ2v) is 5.42. The van der Waals surface area contributed by atoms with E-state index in [1.54, 1.807) is 7.11 Å². The van der Waals surface area contributed by atoms with E-state index in [9.17, 15) is 0 Å². The van der Waals surface area contributed by atoms with Crippen molar-refractivity contribution in [2.24, 2.45) is 5.41 Å². The van der Waals surface area contributed by atoms with Crippen molar-refractivity contribution in [1.29, 1.82) is 0 Å². The minimum Gasteiger partial charge on any atom is -0.494 e. The maximum absolute atomic E-state index is 5.44. The van der Waals surface area contributed by atoms with Crippen LogP contribution < -0.4 is 10.1 Å². The highest BCUT2D eigenvalue weighted by Crippen LogP contribution is 2.48. The van der Waals surface area contributed by atoms with Crippen LogP contribution in [0.4, 0.5) is 0 Å². The second kappa shape index (κ2) is 6.92. The van der Waals surface area contributed by atoms with Gasteiger partial charge in [-0.15, -0.1) is 0 Å². The van der Waals surface area contributed by atoms with Crippen LogP contribution in [0.15, 0.2) is 24.3 Å². The summed E-state index contributed by atoms with van der Waals surface area (Å²) >= 11 is 0. The van der Waals surface area contributed by atoms with Gasteiger partial charge in [-0.3, -0.25) is 0 Å². The zero-order valence-electron chi connectivity index (χ0n) is 12.1. The summed E-state index contributed by atoms with van der Waals surface area (Å²) in [5.74, 6) is 0.949. The monoisotopic (exact) mass is 263 g/mol. The summed E-state index contributed by atoms with van der Waals surface area (Å²) in [4.78, 5) is 0. The fourth-order valence-corrected chi connectivity index (χ4v) is 2.35. The molecule has 1 aromatic rings. The second-order valence-electron chi connectivity index (χ2n) is 5.42. The summed E-state index contributed by atoms with van der Waals surface area (Å²) in [6, 6.07) is 8.34. The molecule has 1 aliphatic rings. The highest BCUT2D eigenvalue weighted by Gasteiger charge is 2.41. The minimum absolute atomic E-state index is 0.515. The lowest BCUT2D eigenvalue weighted by Gasteiger charge is -2.15. The first kappa shape index (κ1) is 14.4. The molecule has 106 valence electrons. The summed E-state index contributed by atoms with van der Waals surface area (Å²) in [6.07, 6.45) is 3.86. The Hall–Kier alpha value is -1.06. The van der Waals surface area contributed by atoms with Gasteiger partial charge in [-0.1, -0.05) is 12.1 Å². The van der Waals surface area contributed by atoms with Crippen LogP contribution >= 0.6 is 0 Å². The number of rotatable bonds is 9. The molecule has 3 nitrogen and oxygen atoms in total. The molecular weight excluding hydrogens is 238 g/mol. The molecule has 0 bridgehead atoms. The van der Waals surface area contributed by atoms with E-state index in [0.29, 0.717) is 5.41 Å². The molecular formula is C16H25NO2. The van der Waals surface area contributed by atoms with Crippen molar-refractivity contribution in [3.63, 3.8) is 0 Å². The minimum atomic E-state index is 0.515. The Morgan fingerprint density at radius 3 is 2.53 bits per heavy atom. The average Bonchev–Trinajstić information content (AvgIpc) is 3.19. The first-order valence-electron chi connectivity index (χ1n) is 7.19. The number of methoxy groups -OCH3 is 1. The van der Waals surface area contributed by atoms with Crippen molar-refractivity contribution in [2.75, 3.05) is 26.9 Å². The summed E-state index contributed by atoms with van der Waals surface area (Å²) in [5.41, 5.74) is 1.83. The fraction of sp³-hybridized carbons (Fsp3) is 0.625. The van der Waals surface area contributed by atoms with Crippen LogP contribution in [0.25, 0.3) is 0 Å². The predicted molar refractivity (Wildman–Crippen MR) is 77.5 cm³/mol. The molecule has 1 saturated carbocycles. The molecule has 0 aromatic heterocycles. The number of benzene rings is 1. The molecule has 1 aliphatic carbocycles. The van der Waals surface area contributed by atoms with Gasteiger partial charge in [0.05, 0.1) is 6.61 Å². The molecule has 0 aliphatic heterocycles. The van der Waals surface area contributed by atoms with E-state index >= 15 is 0 Å². The van der Waals surface area contributed by atoms with Crippen LogP contribution in [0.1, 0.15) is 31.7 Å². The van der Waals surface area contributed by atoms with Gasteiger partial charge in [0.1, 0.15) is 5.75 Å². The third-order valence-electron chi connectivity index (χ3n) is 3.86. The molecule has 1 N–H and O–H groups in total. The Labute approximate surface area is 116 Å². The quantitative estimate of drug-likeness (QED) is 0.743. The van der Waals surface area contributed by atoms with E-state index < -0.39 is 0 Å². The van der Waals surface area contributed by atoms with Crippen molar-refractivity contribution in [3.05, 3.63) is 29.8 Å². The average molecular weight is 263 g/mol. The van der Waals surface area contributed by atoms with E-state index in [-0.39, 0.29) is 0 Å². The number of hydrogen-bond donors (Lipinski definition) is 1. The van der Waals surface area contributed by atoms with Crippen LogP contribution in [-0.4, -0.2) is 26.9 Å². The Bertz CT molecular complexity index is 371. The molecule has 1 aromatic carbocycles. The highest BCUT2D eigenvalue weighted by atomic mass is 16.5. The summed E-state index contributed by atoms with van der Waals surface area (Å²) in [7, 11) is 1.78. The topological polar surface area (TPSA) is 30.5 Å². The molecule has 0 saturated heterocycles. The molecule has 0 heterocycles. The maximum Gasteiger partial charge on any atom is 0.119 e. The summed E-state index contributed by atoms with van der Waals surface area (Å²) in [5, 5.41) is 3.57. The molecule has 19 heavy (non-hydrogen) atoms. The zero-order valence-corrected chi connectivity index (χ0v) is 12.1. The molecule has 2 rings (SSSR count). The van der Waals surface area contributed by atoms with Crippen LogP contribution in [0, 0.1) is 5.41 Å². The van der Waals surface area contributed by atoms with Gasteiger partial charge >= 0.3 is 0 Å². The molecule has 0 amide bonds. The molecule has 0 unspecified atom stereocenters. The van der Waals surface area contributed by atoms with Crippen LogP contribution in [0.3, 0.4) is 0 Å². The van der Waals surface area contributed by atoms with Gasteiger partial charge in [0.15, 0.2) is 0 Å². The van der Waals surface area contributed by atoms with E-state index in [4.69, 9.17) is 9.47 Å². The van der Waals surface area contributed by atoms with Crippen LogP contribution in [0.5, 0.6) is 5.75 Å². The van der Waals surface area contributed by atoms with Gasteiger partial charge in [0, 0.05) is 26.8 Å². The van der Waals surface area contributed by atoms with E-state index in [0.717, 1.165) is 32.1 Å². The third kappa shape index (κ3) is 4.51. The molecule has 1 fully saturated rings. The summed E-state index contributed by atoms with van der Waals surface area (Å²) < 4.78 is 10.6. The lowest BCUT2D eigenvalue weighted by atomic mass is 10.0. The smallest absolute Gasteiger partial charge is 0.119 e. The number of nitrogens with one attached hydrogen (secondary N) is 1. The maximum atomic E-state index is 5.44. The van der Waals surface area contributed by atoms with Crippen molar-refractivity contribution in [1.82, 2.24) is 5.32 Å². The van der Waals surface area contributed by atoms with Gasteiger partial charge in [0.25, 0.3) is 0 Å². The van der Waals surface area contributed by atoms with E-state index in [2.05, 4.69) is 17.4 Å². The number of ether oxygens (including phenoxy) is 2. The lowest BCUT2D eigenvalue weighted by Crippen LogP contribution is -2.24. The van der Waals surface area contributed by atoms with Crippen molar-refractivity contribution < 1.29 is 9.47 Å². The predicted octanol–water partition coefficient (Wildman–Crippen LogP) is 2.99. The Kier molecular flexibility index (Phi) is 5.23. The molecule has 3 heteroatoms. The number of hydrogen-bond acceptors (Lipinski definition) is 3. The van der Waals surface area contributed by atoms with E-state index in [1.165, 1.54) is 24.8 Å². The molecule has 0 radical (unpaired) electrons. The first-order chi connectivity index (χ1) is 9.28. The SMILES string of the molecule is CCOc1ccc(CNCC2(CCOC)CC2)cc1. The highest BCUT2D eigenvalue weighted by molar-refractivity contribution is 5.27. The first-order valence-corrected chi connectivity index (χ1v) is 7.19. The van der Waals surface area contributed by atoms with E-state index in [1.807, 2.05) is 19.1 Å². The van der Waals surface area contributed by atoms with Crippen molar-refractivity contribution in [2.45, 2.75) is 32.7 Å². The molecule has 0 atom stereocenters. The largest absolute Gasteiger partial charge is 0.494 e. The molecule has 0 spiro atoms. The van der Waals surface area contributed by atoms with Gasteiger partial charge in [-0.25, -0.2) is 0 Å². The Morgan fingerprint density at radius 1 is 1.21 bits per heavy atom. The van der Waals surface area contributed by atoms with Crippen LogP contribution in [-0.2, 0) is 11.3 Å². The van der Waals surface area contributed by atoms with Gasteiger partial charge < -0.3 is 14.8 Å². The van der Waals surface area contributed by atoms with Crippen molar-refractivity contribution in [3.8, 4) is 5.75 Å². The lowest BCUT2D eigenvalue weighted by molar-refractivity contribution is 0.171. The van der Waals surface area contributed by atoms with Gasteiger partial charge in [-0.05, 0) is 49.3 Å². The normalized spacial score (nSPS) is 16.3. The van der Waals surface area contributed by atoms with Gasteiger partial charge in [-0.2, -0.15) is 0 Å². The Morgan fingerprint density at radius 2 is 1.95 bits per heavy atom. The van der Waals surface area contributed by atoms with Gasteiger partial charge in [0.2, 0.25) is 0 Å². The standard InChI is InChI=1S/C16H25NO2/c1-3-19-15-6-4-14(5-7-15)12-17-13-16(8-9-16)10-11-18-2/h4-7,17H,3,8-13H2,1-2H3. The van der Waals surface area contributed by atoms with Crippen LogP contribution in [0.2, 0.25) is 0 Å². The Balaban J connectivity index is 1.70. The zero-order chi connectivity index (χ0) is 13.6. The summed E-state index contributed by atoms with van der Waals surface area (Å²) in [6.45, 7) is 5.64. The fourth-order valence-electron chi connectivity index (χ4n) is 2.35.